The second kappa shape index (κ2) is 10.1. The van der Waals surface area contributed by atoms with Gasteiger partial charge >= 0.3 is 5.97 Å². The van der Waals surface area contributed by atoms with Crippen molar-refractivity contribution in [2.24, 2.45) is 0 Å². The largest absolute Gasteiger partial charge is 0.494 e. The number of carboxylic acids is 1. The van der Waals surface area contributed by atoms with E-state index in [9.17, 15) is 4.79 Å². The summed E-state index contributed by atoms with van der Waals surface area (Å²) in [6.45, 7) is 2.65. The van der Waals surface area contributed by atoms with Gasteiger partial charge < -0.3 is 9.84 Å². The number of ether oxygens (including phenoxy) is 1. The molecular weight excluding hydrogens is 252 g/mol. The van der Waals surface area contributed by atoms with Crippen LogP contribution in [0.5, 0.6) is 5.75 Å². The molecule has 0 bridgehead atoms. The minimum atomic E-state index is -0.780. The lowest BCUT2D eigenvalue weighted by atomic mass is 10.1. The minimum absolute atomic E-state index is 0.151. The number of benzene rings is 1. The van der Waals surface area contributed by atoms with Crippen LogP contribution in [0.1, 0.15) is 51.0 Å². The van der Waals surface area contributed by atoms with Crippen LogP contribution in [0.3, 0.4) is 0 Å². The molecule has 1 aromatic rings. The van der Waals surface area contributed by atoms with E-state index in [1.165, 1.54) is 24.8 Å². The number of unbranched alkanes of at least 4 members (excludes halogenated alkanes) is 3. The molecule has 0 saturated heterocycles. The molecule has 3 nitrogen and oxygen atoms in total. The van der Waals surface area contributed by atoms with Crippen molar-refractivity contribution in [3.8, 4) is 5.75 Å². The number of rotatable bonds is 10. The van der Waals surface area contributed by atoms with Crippen molar-refractivity contribution in [2.75, 3.05) is 6.61 Å². The summed E-state index contributed by atoms with van der Waals surface area (Å²) in [6.07, 6.45) is 9.93. The van der Waals surface area contributed by atoms with Crippen molar-refractivity contribution < 1.29 is 14.6 Å². The standard InChI is InChI=1S/C17H24O3/c1-2-3-4-5-6-8-15-10-12-16(13-11-15)20-14-7-9-17(18)19/h6,8,10-13H,2-5,7,9,14H2,1H3,(H,18,19). The van der Waals surface area contributed by atoms with Gasteiger partial charge in [-0.15, -0.1) is 0 Å². The molecule has 1 aromatic carbocycles. The van der Waals surface area contributed by atoms with E-state index in [1.54, 1.807) is 0 Å². The summed E-state index contributed by atoms with van der Waals surface area (Å²) in [5.41, 5.74) is 1.17. The quantitative estimate of drug-likeness (QED) is 0.639. The molecule has 0 aliphatic carbocycles. The molecule has 0 radical (unpaired) electrons. The molecule has 20 heavy (non-hydrogen) atoms. The predicted molar refractivity (Wildman–Crippen MR) is 82.0 cm³/mol. The highest BCUT2D eigenvalue weighted by Gasteiger charge is 1.97. The van der Waals surface area contributed by atoms with Gasteiger partial charge in [0.2, 0.25) is 0 Å². The molecule has 0 spiro atoms. The molecule has 0 aliphatic heterocycles. The first kappa shape index (κ1) is 16.3. The van der Waals surface area contributed by atoms with Gasteiger partial charge in [-0.1, -0.05) is 44.1 Å². The lowest BCUT2D eigenvalue weighted by molar-refractivity contribution is -0.137. The Bertz CT molecular complexity index is 407. The molecule has 0 fully saturated rings. The predicted octanol–water partition coefficient (Wildman–Crippen LogP) is 4.52. The van der Waals surface area contributed by atoms with Crippen LogP contribution >= 0.6 is 0 Å². The van der Waals surface area contributed by atoms with Gasteiger partial charge in [-0.3, -0.25) is 4.79 Å². The molecule has 0 atom stereocenters. The zero-order valence-electron chi connectivity index (χ0n) is 12.2. The van der Waals surface area contributed by atoms with Gasteiger partial charge in [0.05, 0.1) is 6.61 Å². The highest BCUT2D eigenvalue weighted by molar-refractivity contribution is 5.66. The lowest BCUT2D eigenvalue weighted by Crippen LogP contribution is -2.01. The zero-order valence-corrected chi connectivity index (χ0v) is 12.2. The molecule has 0 unspecified atom stereocenters. The van der Waals surface area contributed by atoms with Crippen molar-refractivity contribution >= 4 is 12.0 Å². The second-order valence-electron chi connectivity index (χ2n) is 4.81. The van der Waals surface area contributed by atoms with Gasteiger partial charge in [0, 0.05) is 6.42 Å². The molecule has 1 rings (SSSR count). The van der Waals surface area contributed by atoms with E-state index in [0.717, 1.165) is 12.2 Å². The third-order valence-corrected chi connectivity index (χ3v) is 2.97. The lowest BCUT2D eigenvalue weighted by Gasteiger charge is -2.05. The molecule has 0 amide bonds. The van der Waals surface area contributed by atoms with E-state index in [2.05, 4.69) is 19.1 Å². The summed E-state index contributed by atoms with van der Waals surface area (Å²) in [4.78, 5) is 10.4. The maximum atomic E-state index is 10.4. The summed E-state index contributed by atoms with van der Waals surface area (Å²) in [5.74, 6) is 0.00989. The molecular formula is C17H24O3. The molecule has 110 valence electrons. The summed E-state index contributed by atoms with van der Waals surface area (Å²) >= 11 is 0. The molecule has 3 heteroatoms. The fraction of sp³-hybridized carbons (Fsp3) is 0.471. The van der Waals surface area contributed by atoms with Gasteiger partial charge in [0.15, 0.2) is 0 Å². The summed E-state index contributed by atoms with van der Waals surface area (Å²) < 4.78 is 5.48. The van der Waals surface area contributed by atoms with Crippen molar-refractivity contribution in [3.05, 3.63) is 35.9 Å². The van der Waals surface area contributed by atoms with Crippen LogP contribution in [0.15, 0.2) is 30.3 Å². The van der Waals surface area contributed by atoms with Gasteiger partial charge in [-0.05, 0) is 37.0 Å². The minimum Gasteiger partial charge on any atom is -0.494 e. The molecule has 1 N–H and O–H groups in total. The fourth-order valence-electron chi connectivity index (χ4n) is 1.82. The van der Waals surface area contributed by atoms with Gasteiger partial charge in [-0.2, -0.15) is 0 Å². The van der Waals surface area contributed by atoms with Crippen LogP contribution < -0.4 is 4.74 Å². The fourth-order valence-corrected chi connectivity index (χ4v) is 1.82. The van der Waals surface area contributed by atoms with Crippen molar-refractivity contribution in [2.45, 2.75) is 45.4 Å². The SMILES string of the molecule is CCCCCC=Cc1ccc(OCCCC(=O)O)cc1. The van der Waals surface area contributed by atoms with Crippen molar-refractivity contribution in [1.29, 1.82) is 0 Å². The normalized spacial score (nSPS) is 10.8. The summed E-state index contributed by atoms with van der Waals surface area (Å²) in [6, 6.07) is 7.88. The average Bonchev–Trinajstić information content (AvgIpc) is 2.44. The van der Waals surface area contributed by atoms with Gasteiger partial charge in [0.25, 0.3) is 0 Å². The van der Waals surface area contributed by atoms with Crippen LogP contribution in [-0.4, -0.2) is 17.7 Å². The van der Waals surface area contributed by atoms with E-state index in [0.29, 0.717) is 13.0 Å². The van der Waals surface area contributed by atoms with Gasteiger partial charge in [0.1, 0.15) is 5.75 Å². The number of hydrogen-bond acceptors (Lipinski definition) is 2. The van der Waals surface area contributed by atoms with E-state index >= 15 is 0 Å². The second-order valence-corrected chi connectivity index (χ2v) is 4.81. The Morgan fingerprint density at radius 2 is 1.95 bits per heavy atom. The Labute approximate surface area is 121 Å². The van der Waals surface area contributed by atoms with Crippen LogP contribution in [0.25, 0.3) is 6.08 Å². The Kier molecular flexibility index (Phi) is 8.20. The number of carboxylic acid groups (broad SMARTS) is 1. The number of allylic oxidation sites excluding steroid dienone is 1. The third kappa shape index (κ3) is 7.62. The average molecular weight is 276 g/mol. The number of hydrogen-bond donors (Lipinski definition) is 1. The topological polar surface area (TPSA) is 46.5 Å². The third-order valence-electron chi connectivity index (χ3n) is 2.97. The summed E-state index contributed by atoms with van der Waals surface area (Å²) in [7, 11) is 0. The Hall–Kier alpha value is -1.77. The first-order valence-corrected chi connectivity index (χ1v) is 7.33. The van der Waals surface area contributed by atoms with Crippen LogP contribution in [0.4, 0.5) is 0 Å². The molecule has 0 aliphatic rings. The summed E-state index contributed by atoms with van der Waals surface area (Å²) in [5, 5.41) is 8.52. The smallest absolute Gasteiger partial charge is 0.303 e. The first-order valence-electron chi connectivity index (χ1n) is 7.33. The Morgan fingerprint density at radius 3 is 2.60 bits per heavy atom. The molecule has 0 aromatic heterocycles. The highest BCUT2D eigenvalue weighted by atomic mass is 16.5. The van der Waals surface area contributed by atoms with Crippen LogP contribution in [0.2, 0.25) is 0 Å². The molecule has 0 saturated carbocycles. The van der Waals surface area contributed by atoms with Crippen molar-refractivity contribution in [3.63, 3.8) is 0 Å². The van der Waals surface area contributed by atoms with E-state index in [4.69, 9.17) is 9.84 Å². The number of aliphatic carboxylic acids is 1. The van der Waals surface area contributed by atoms with E-state index < -0.39 is 5.97 Å². The maximum Gasteiger partial charge on any atom is 0.303 e. The molecule has 0 heterocycles. The van der Waals surface area contributed by atoms with Crippen molar-refractivity contribution in [1.82, 2.24) is 0 Å². The Balaban J connectivity index is 2.27. The Morgan fingerprint density at radius 1 is 1.20 bits per heavy atom. The number of carbonyl (C=O) groups is 1. The van der Waals surface area contributed by atoms with Crippen LogP contribution in [0, 0.1) is 0 Å². The monoisotopic (exact) mass is 276 g/mol. The van der Waals surface area contributed by atoms with E-state index in [1.807, 2.05) is 24.3 Å². The van der Waals surface area contributed by atoms with Crippen LogP contribution in [-0.2, 0) is 4.79 Å². The first-order chi connectivity index (χ1) is 9.72. The van der Waals surface area contributed by atoms with E-state index in [-0.39, 0.29) is 6.42 Å². The zero-order chi connectivity index (χ0) is 14.6. The maximum absolute atomic E-state index is 10.4. The van der Waals surface area contributed by atoms with Gasteiger partial charge in [-0.25, -0.2) is 0 Å². The highest BCUT2D eigenvalue weighted by Crippen LogP contribution is 2.14.